The van der Waals surface area contributed by atoms with Crippen LogP contribution in [0.15, 0.2) is 22.7 Å². The number of benzene rings is 1. The van der Waals surface area contributed by atoms with Gasteiger partial charge in [-0.3, -0.25) is 14.5 Å². The largest absolute Gasteiger partial charge is 0.480 e. The van der Waals surface area contributed by atoms with Crippen LogP contribution in [0.5, 0.6) is 0 Å². The Morgan fingerprint density at radius 3 is 2.78 bits per heavy atom. The molecule has 1 N–H and O–H groups in total. The van der Waals surface area contributed by atoms with Crippen LogP contribution in [0.3, 0.4) is 0 Å². The summed E-state index contributed by atoms with van der Waals surface area (Å²) in [5.41, 5.74) is 0.336. The molecule has 1 heterocycles. The van der Waals surface area contributed by atoms with E-state index in [2.05, 4.69) is 15.9 Å². The maximum absolute atomic E-state index is 13.6. The lowest BCUT2D eigenvalue weighted by molar-refractivity contribution is -0.138. The van der Waals surface area contributed by atoms with E-state index in [0.29, 0.717) is 29.5 Å². The van der Waals surface area contributed by atoms with E-state index in [0.717, 1.165) is 12.8 Å². The van der Waals surface area contributed by atoms with Crippen LogP contribution in [0.1, 0.15) is 29.6 Å². The summed E-state index contributed by atoms with van der Waals surface area (Å²) >= 11 is 3.08. The number of likely N-dealkylation sites (tertiary alicyclic amines) is 1. The summed E-state index contributed by atoms with van der Waals surface area (Å²) in [4.78, 5) is 26.9. The van der Waals surface area contributed by atoms with Crippen molar-refractivity contribution in [2.24, 2.45) is 0 Å². The maximum Gasteiger partial charge on any atom is 0.317 e. The fourth-order valence-corrected chi connectivity index (χ4v) is 3.12. The van der Waals surface area contributed by atoms with Gasteiger partial charge in [-0.1, -0.05) is 0 Å². The van der Waals surface area contributed by atoms with Gasteiger partial charge in [-0.15, -0.1) is 0 Å². The number of nitrogens with zero attached hydrogens (tertiary/aromatic N) is 2. The normalized spacial score (nSPS) is 18.8. The molecule has 0 aromatic heterocycles. The van der Waals surface area contributed by atoms with Crippen molar-refractivity contribution in [1.29, 1.82) is 0 Å². The third kappa shape index (κ3) is 4.75. The van der Waals surface area contributed by atoms with Gasteiger partial charge in [-0.2, -0.15) is 0 Å². The second kappa shape index (κ2) is 7.88. The van der Waals surface area contributed by atoms with Gasteiger partial charge in [-0.25, -0.2) is 4.39 Å². The number of aliphatic carboxylic acids is 1. The van der Waals surface area contributed by atoms with Crippen LogP contribution in [0.4, 0.5) is 4.39 Å². The standard InChI is InChI=1S/C16H20BrFN2O3/c1-19(10-15(21)22)12-3-2-7-20(8-6-12)16(23)11-4-5-13(17)14(18)9-11/h4-5,9,12H,2-3,6-8,10H2,1H3,(H,21,22)/t12-/m1/s1. The molecule has 5 nitrogen and oxygen atoms in total. The molecule has 0 saturated carbocycles. The zero-order valence-electron chi connectivity index (χ0n) is 13.0. The second-order valence-corrected chi connectivity index (χ2v) is 6.67. The zero-order chi connectivity index (χ0) is 17.0. The average molecular weight is 387 g/mol. The quantitative estimate of drug-likeness (QED) is 0.863. The first-order valence-corrected chi connectivity index (χ1v) is 8.34. The summed E-state index contributed by atoms with van der Waals surface area (Å²) in [6.45, 7) is 1.15. The van der Waals surface area contributed by atoms with Crippen molar-refractivity contribution in [2.75, 3.05) is 26.7 Å². The third-order valence-electron chi connectivity index (χ3n) is 4.16. The predicted octanol–water partition coefficient (Wildman–Crippen LogP) is 2.60. The minimum atomic E-state index is -0.852. The molecule has 1 saturated heterocycles. The smallest absolute Gasteiger partial charge is 0.317 e. The van der Waals surface area contributed by atoms with E-state index in [-0.39, 0.29) is 18.5 Å². The Kier molecular flexibility index (Phi) is 6.12. The van der Waals surface area contributed by atoms with Gasteiger partial charge >= 0.3 is 5.97 Å². The van der Waals surface area contributed by atoms with Crippen LogP contribution in [0, 0.1) is 5.82 Å². The van der Waals surface area contributed by atoms with E-state index in [1.165, 1.54) is 12.1 Å². The van der Waals surface area contributed by atoms with Crippen molar-refractivity contribution in [3.8, 4) is 0 Å². The first-order chi connectivity index (χ1) is 10.9. The SMILES string of the molecule is CN(CC(=O)O)[C@@H]1CCCN(C(=O)c2ccc(Br)c(F)c2)CC1. The topological polar surface area (TPSA) is 60.9 Å². The number of carboxylic acids is 1. The fourth-order valence-electron chi connectivity index (χ4n) is 2.88. The van der Waals surface area contributed by atoms with Crippen LogP contribution in [-0.2, 0) is 4.79 Å². The lowest BCUT2D eigenvalue weighted by Crippen LogP contribution is -2.37. The van der Waals surface area contributed by atoms with Crippen molar-refractivity contribution in [3.05, 3.63) is 34.1 Å². The van der Waals surface area contributed by atoms with Gasteiger partial charge in [0, 0.05) is 24.7 Å². The summed E-state index contributed by atoms with van der Waals surface area (Å²) in [7, 11) is 1.79. The van der Waals surface area contributed by atoms with E-state index in [4.69, 9.17) is 5.11 Å². The Hall–Kier alpha value is -1.47. The van der Waals surface area contributed by atoms with Gasteiger partial charge < -0.3 is 10.0 Å². The van der Waals surface area contributed by atoms with Gasteiger partial charge in [0.15, 0.2) is 0 Å². The molecule has 0 unspecified atom stereocenters. The van der Waals surface area contributed by atoms with Crippen molar-refractivity contribution in [1.82, 2.24) is 9.80 Å². The molecule has 0 spiro atoms. The number of halogens is 2. The molecule has 1 aliphatic rings. The first-order valence-electron chi connectivity index (χ1n) is 7.55. The lowest BCUT2D eigenvalue weighted by atomic mass is 10.1. The molecule has 1 aromatic carbocycles. The summed E-state index contributed by atoms with van der Waals surface area (Å²) in [5.74, 6) is -1.49. The number of rotatable bonds is 4. The number of hydrogen-bond donors (Lipinski definition) is 1. The molecule has 23 heavy (non-hydrogen) atoms. The predicted molar refractivity (Wildman–Crippen MR) is 87.9 cm³/mol. The maximum atomic E-state index is 13.6. The molecule has 1 amide bonds. The molecule has 1 atom stereocenters. The molecule has 1 aliphatic heterocycles. The van der Waals surface area contributed by atoms with Gasteiger partial charge in [-0.05, 0) is 60.4 Å². The highest BCUT2D eigenvalue weighted by Gasteiger charge is 2.24. The number of carbonyl (C=O) groups excluding carboxylic acids is 1. The second-order valence-electron chi connectivity index (χ2n) is 5.81. The number of amides is 1. The fraction of sp³-hybridized carbons (Fsp3) is 0.500. The molecule has 7 heteroatoms. The molecule has 1 fully saturated rings. The molecule has 0 bridgehead atoms. The van der Waals surface area contributed by atoms with Gasteiger partial charge in [0.2, 0.25) is 0 Å². The minimum Gasteiger partial charge on any atom is -0.480 e. The van der Waals surface area contributed by atoms with Crippen LogP contribution in [-0.4, -0.2) is 59.5 Å². The Labute approximate surface area is 143 Å². The molecule has 1 aromatic rings. The Morgan fingerprint density at radius 2 is 2.13 bits per heavy atom. The molecule has 0 aliphatic carbocycles. The van der Waals surface area contributed by atoms with Crippen molar-refractivity contribution >= 4 is 27.8 Å². The molecule has 126 valence electrons. The van der Waals surface area contributed by atoms with Crippen LogP contribution >= 0.6 is 15.9 Å². The third-order valence-corrected chi connectivity index (χ3v) is 4.80. The van der Waals surface area contributed by atoms with Crippen molar-refractivity contribution in [3.63, 3.8) is 0 Å². The lowest BCUT2D eigenvalue weighted by Gasteiger charge is -2.25. The highest BCUT2D eigenvalue weighted by molar-refractivity contribution is 9.10. The highest BCUT2D eigenvalue weighted by Crippen LogP contribution is 2.20. The number of carbonyl (C=O) groups is 2. The molecule has 0 radical (unpaired) electrons. The van der Waals surface area contributed by atoms with Gasteiger partial charge in [0.25, 0.3) is 5.91 Å². The Bertz CT molecular complexity index is 597. The van der Waals surface area contributed by atoms with E-state index in [1.807, 2.05) is 4.90 Å². The monoisotopic (exact) mass is 386 g/mol. The Morgan fingerprint density at radius 1 is 1.39 bits per heavy atom. The van der Waals surface area contributed by atoms with E-state index in [1.54, 1.807) is 18.0 Å². The number of carboxylic acid groups (broad SMARTS) is 1. The van der Waals surface area contributed by atoms with Crippen molar-refractivity contribution < 1.29 is 19.1 Å². The minimum absolute atomic E-state index is 0.00344. The van der Waals surface area contributed by atoms with Gasteiger partial charge in [0.1, 0.15) is 5.82 Å². The summed E-state index contributed by atoms with van der Waals surface area (Å²) < 4.78 is 13.9. The first kappa shape index (κ1) is 17.9. The molecular formula is C16H20BrFN2O3. The van der Waals surface area contributed by atoms with E-state index in [9.17, 15) is 14.0 Å². The highest BCUT2D eigenvalue weighted by atomic mass is 79.9. The van der Waals surface area contributed by atoms with Crippen LogP contribution in [0.2, 0.25) is 0 Å². The average Bonchev–Trinajstić information content (AvgIpc) is 2.74. The Balaban J connectivity index is 2.00. The van der Waals surface area contributed by atoms with Crippen molar-refractivity contribution in [2.45, 2.75) is 25.3 Å². The van der Waals surface area contributed by atoms with Crippen LogP contribution < -0.4 is 0 Å². The number of hydrogen-bond acceptors (Lipinski definition) is 3. The molecule has 2 rings (SSSR count). The molecular weight excluding hydrogens is 367 g/mol. The van der Waals surface area contributed by atoms with E-state index >= 15 is 0 Å². The van der Waals surface area contributed by atoms with E-state index < -0.39 is 11.8 Å². The summed E-state index contributed by atoms with van der Waals surface area (Å²) in [6.07, 6.45) is 2.37. The summed E-state index contributed by atoms with van der Waals surface area (Å²) in [6, 6.07) is 4.52. The van der Waals surface area contributed by atoms with Gasteiger partial charge in [0.05, 0.1) is 11.0 Å². The van der Waals surface area contributed by atoms with Crippen LogP contribution in [0.25, 0.3) is 0 Å². The zero-order valence-corrected chi connectivity index (χ0v) is 14.6. The summed E-state index contributed by atoms with van der Waals surface area (Å²) in [5, 5.41) is 8.88. The number of likely N-dealkylation sites (N-methyl/N-ethyl adjacent to an activating group) is 1.